The van der Waals surface area contributed by atoms with Crippen LogP contribution in [-0.4, -0.2) is 45.1 Å². The first kappa shape index (κ1) is 18.0. The predicted molar refractivity (Wildman–Crippen MR) is 80.0 cm³/mol. The summed E-state index contributed by atoms with van der Waals surface area (Å²) < 4.78 is 40.8. The van der Waals surface area contributed by atoms with Gasteiger partial charge in [0.25, 0.3) is 0 Å². The van der Waals surface area contributed by atoms with Crippen LogP contribution in [0, 0.1) is 12.7 Å². The summed E-state index contributed by atoms with van der Waals surface area (Å²) in [5.74, 6) is -0.572. The number of nitrogens with zero attached hydrogens (tertiary/aromatic N) is 1. The summed E-state index contributed by atoms with van der Waals surface area (Å²) in [6, 6.07) is 2.21. The minimum absolute atomic E-state index is 0.0173. The Bertz CT molecular complexity index is 588. The van der Waals surface area contributed by atoms with Crippen LogP contribution in [0.15, 0.2) is 17.0 Å². The van der Waals surface area contributed by atoms with E-state index >= 15 is 0 Å². The molecule has 1 atom stereocenters. The molecule has 1 rings (SSSR count). The molecule has 21 heavy (non-hydrogen) atoms. The van der Waals surface area contributed by atoms with Crippen molar-refractivity contribution in [2.45, 2.75) is 37.8 Å². The highest BCUT2D eigenvalue weighted by Gasteiger charge is 2.20. The van der Waals surface area contributed by atoms with Gasteiger partial charge in [-0.2, -0.15) is 0 Å². The molecule has 0 saturated heterocycles. The zero-order valence-corrected chi connectivity index (χ0v) is 13.7. The summed E-state index contributed by atoms with van der Waals surface area (Å²) in [4.78, 5) is 1.94. The monoisotopic (exact) mass is 318 g/mol. The Hall–Kier alpha value is -1.02. The van der Waals surface area contributed by atoms with Gasteiger partial charge in [0.05, 0.1) is 11.5 Å². The standard InChI is InChI=1S/C14H23FN2O3S/c1-10-7-13(8-12(9-18)14(10)15)21(19,20)16-11(2)5-6-17(3)4/h7-8,11,16,18H,5-6,9H2,1-4H3. The molecule has 1 aromatic rings. The van der Waals surface area contributed by atoms with E-state index in [4.69, 9.17) is 5.11 Å². The Kier molecular flexibility index (Phi) is 6.27. The SMILES string of the molecule is Cc1cc(S(=O)(=O)NC(C)CCN(C)C)cc(CO)c1F. The Balaban J connectivity index is 2.95. The molecule has 0 aliphatic rings. The van der Waals surface area contributed by atoms with E-state index in [0.29, 0.717) is 6.42 Å². The van der Waals surface area contributed by atoms with Crippen LogP contribution in [0.4, 0.5) is 4.39 Å². The van der Waals surface area contributed by atoms with Crippen molar-refractivity contribution in [3.63, 3.8) is 0 Å². The molecule has 0 aromatic heterocycles. The maximum absolute atomic E-state index is 13.7. The Morgan fingerprint density at radius 1 is 1.38 bits per heavy atom. The average molecular weight is 318 g/mol. The lowest BCUT2D eigenvalue weighted by atomic mass is 10.1. The highest BCUT2D eigenvalue weighted by Crippen LogP contribution is 2.19. The fourth-order valence-corrected chi connectivity index (χ4v) is 3.33. The average Bonchev–Trinajstić information content (AvgIpc) is 2.38. The Morgan fingerprint density at radius 2 is 2.00 bits per heavy atom. The number of halogens is 1. The molecule has 7 heteroatoms. The van der Waals surface area contributed by atoms with E-state index in [1.165, 1.54) is 19.1 Å². The normalized spacial score (nSPS) is 13.7. The van der Waals surface area contributed by atoms with E-state index in [2.05, 4.69) is 4.72 Å². The number of aliphatic hydroxyl groups excluding tert-OH is 1. The van der Waals surface area contributed by atoms with Crippen LogP contribution < -0.4 is 4.72 Å². The van der Waals surface area contributed by atoms with Crippen LogP contribution in [0.1, 0.15) is 24.5 Å². The van der Waals surface area contributed by atoms with Gasteiger partial charge in [-0.15, -0.1) is 0 Å². The highest BCUT2D eigenvalue weighted by molar-refractivity contribution is 7.89. The van der Waals surface area contributed by atoms with Crippen molar-refractivity contribution >= 4 is 10.0 Å². The van der Waals surface area contributed by atoms with Crippen LogP contribution in [0.5, 0.6) is 0 Å². The zero-order valence-electron chi connectivity index (χ0n) is 12.9. The van der Waals surface area contributed by atoms with Gasteiger partial charge in [0.2, 0.25) is 10.0 Å². The van der Waals surface area contributed by atoms with E-state index in [9.17, 15) is 12.8 Å². The van der Waals surface area contributed by atoms with Crippen molar-refractivity contribution in [2.24, 2.45) is 0 Å². The van der Waals surface area contributed by atoms with E-state index in [1.807, 2.05) is 19.0 Å². The predicted octanol–water partition coefficient (Wildman–Crippen LogP) is 1.24. The Morgan fingerprint density at radius 3 is 2.52 bits per heavy atom. The molecule has 0 saturated carbocycles. The van der Waals surface area contributed by atoms with Gasteiger partial charge in [-0.25, -0.2) is 17.5 Å². The van der Waals surface area contributed by atoms with Crippen LogP contribution in [0.2, 0.25) is 0 Å². The van der Waals surface area contributed by atoms with Gasteiger partial charge in [-0.05, 0) is 58.6 Å². The number of hydrogen-bond acceptors (Lipinski definition) is 4. The molecule has 2 N–H and O–H groups in total. The summed E-state index contributed by atoms with van der Waals surface area (Å²) in [7, 11) is 0.104. The Labute approximate surface area is 125 Å². The molecule has 120 valence electrons. The molecule has 0 bridgehead atoms. The summed E-state index contributed by atoms with van der Waals surface area (Å²) in [6.07, 6.45) is 0.666. The van der Waals surface area contributed by atoms with Gasteiger partial charge in [-0.1, -0.05) is 0 Å². The van der Waals surface area contributed by atoms with Crippen molar-refractivity contribution in [3.05, 3.63) is 29.1 Å². The van der Waals surface area contributed by atoms with Gasteiger partial charge in [0.1, 0.15) is 5.82 Å². The second kappa shape index (κ2) is 7.31. The summed E-state index contributed by atoms with van der Waals surface area (Å²) in [5, 5.41) is 9.10. The third-order valence-corrected chi connectivity index (χ3v) is 4.72. The van der Waals surface area contributed by atoms with Gasteiger partial charge >= 0.3 is 0 Å². The van der Waals surface area contributed by atoms with Crippen molar-refractivity contribution < 1.29 is 17.9 Å². The van der Waals surface area contributed by atoms with Gasteiger partial charge in [0, 0.05) is 11.6 Å². The third kappa shape index (κ3) is 5.03. The number of benzene rings is 1. The first-order valence-corrected chi connectivity index (χ1v) is 8.22. The van der Waals surface area contributed by atoms with E-state index in [-0.39, 0.29) is 22.1 Å². The molecule has 0 amide bonds. The lowest BCUT2D eigenvalue weighted by Crippen LogP contribution is -2.35. The fraction of sp³-hybridized carbons (Fsp3) is 0.571. The van der Waals surface area contributed by atoms with Crippen molar-refractivity contribution in [1.29, 1.82) is 0 Å². The van der Waals surface area contributed by atoms with Crippen LogP contribution in [-0.2, 0) is 16.6 Å². The summed E-state index contributed by atoms with van der Waals surface area (Å²) >= 11 is 0. The highest BCUT2D eigenvalue weighted by atomic mass is 32.2. The van der Waals surface area contributed by atoms with Crippen molar-refractivity contribution in [2.75, 3.05) is 20.6 Å². The lowest BCUT2D eigenvalue weighted by Gasteiger charge is -2.17. The molecule has 1 aromatic carbocycles. The molecule has 0 aliphatic heterocycles. The number of sulfonamides is 1. The largest absolute Gasteiger partial charge is 0.392 e. The van der Waals surface area contributed by atoms with E-state index in [1.54, 1.807) is 6.92 Å². The second-order valence-corrected chi connectivity index (χ2v) is 7.20. The molecule has 0 heterocycles. The quantitative estimate of drug-likeness (QED) is 0.794. The van der Waals surface area contributed by atoms with Crippen LogP contribution in [0.25, 0.3) is 0 Å². The molecule has 0 spiro atoms. The first-order chi connectivity index (χ1) is 9.67. The first-order valence-electron chi connectivity index (χ1n) is 6.74. The molecule has 0 radical (unpaired) electrons. The smallest absolute Gasteiger partial charge is 0.240 e. The number of aliphatic hydroxyl groups is 1. The van der Waals surface area contributed by atoms with E-state index < -0.39 is 22.4 Å². The second-order valence-electron chi connectivity index (χ2n) is 5.49. The minimum atomic E-state index is -3.73. The van der Waals surface area contributed by atoms with Crippen molar-refractivity contribution in [3.8, 4) is 0 Å². The van der Waals surface area contributed by atoms with E-state index in [0.717, 1.165) is 6.54 Å². The number of aryl methyl sites for hydroxylation is 1. The van der Waals surface area contributed by atoms with Crippen molar-refractivity contribution in [1.82, 2.24) is 9.62 Å². The fourth-order valence-electron chi connectivity index (χ4n) is 1.92. The zero-order chi connectivity index (χ0) is 16.2. The maximum Gasteiger partial charge on any atom is 0.240 e. The maximum atomic E-state index is 13.7. The topological polar surface area (TPSA) is 69.6 Å². The van der Waals surface area contributed by atoms with Gasteiger partial charge in [0.15, 0.2) is 0 Å². The molecule has 0 aliphatic carbocycles. The van der Waals surface area contributed by atoms with Crippen LogP contribution in [0.3, 0.4) is 0 Å². The summed E-state index contributed by atoms with van der Waals surface area (Å²) in [5.41, 5.74) is 0.180. The summed E-state index contributed by atoms with van der Waals surface area (Å²) in [6.45, 7) is 3.48. The molecular weight excluding hydrogens is 295 g/mol. The molecular formula is C14H23FN2O3S. The van der Waals surface area contributed by atoms with Gasteiger partial charge < -0.3 is 10.0 Å². The molecule has 5 nitrogen and oxygen atoms in total. The van der Waals surface area contributed by atoms with Crippen LogP contribution >= 0.6 is 0 Å². The number of hydrogen-bond donors (Lipinski definition) is 2. The number of nitrogens with one attached hydrogen (secondary N) is 1. The number of rotatable bonds is 7. The third-order valence-electron chi connectivity index (χ3n) is 3.15. The molecule has 0 fully saturated rings. The molecule has 1 unspecified atom stereocenters. The van der Waals surface area contributed by atoms with Gasteiger partial charge in [-0.3, -0.25) is 0 Å². The minimum Gasteiger partial charge on any atom is -0.392 e. The lowest BCUT2D eigenvalue weighted by molar-refractivity contribution is 0.275.